The van der Waals surface area contributed by atoms with Gasteiger partial charge in [0.15, 0.2) is 0 Å². The molecule has 11 nitrogen and oxygen atoms in total. The first-order valence-electron chi connectivity index (χ1n) is 9.40. The highest BCUT2D eigenvalue weighted by Crippen LogP contribution is 2.35. The first-order valence-corrected chi connectivity index (χ1v) is 9.40. The number of non-ortho nitro benzene ring substituents is 1. The van der Waals surface area contributed by atoms with Crippen LogP contribution in [0, 0.1) is 10.1 Å². The molecule has 0 radical (unpaired) electrons. The molecule has 4 rings (SSSR count). The lowest BCUT2D eigenvalue weighted by Crippen LogP contribution is -2.48. The van der Waals surface area contributed by atoms with Gasteiger partial charge >= 0.3 is 6.09 Å². The van der Waals surface area contributed by atoms with Crippen LogP contribution in [0.5, 0.6) is 5.75 Å². The fourth-order valence-corrected chi connectivity index (χ4v) is 3.88. The van der Waals surface area contributed by atoms with Gasteiger partial charge in [0.1, 0.15) is 11.4 Å². The van der Waals surface area contributed by atoms with Gasteiger partial charge in [0.05, 0.1) is 31.3 Å². The third-order valence-electron chi connectivity index (χ3n) is 5.49. The molecular formula is C19H20N4O7. The van der Waals surface area contributed by atoms with Gasteiger partial charge < -0.3 is 18.9 Å². The Balaban J connectivity index is 1.43. The van der Waals surface area contributed by atoms with E-state index in [1.165, 1.54) is 42.5 Å². The normalized spacial score (nSPS) is 17.8. The number of hydrogen-bond acceptors (Lipinski definition) is 8. The quantitative estimate of drug-likeness (QED) is 0.536. The number of nitro benzene ring substituents is 1. The van der Waals surface area contributed by atoms with E-state index >= 15 is 0 Å². The lowest BCUT2D eigenvalue weighted by atomic mass is 9.91. The Labute approximate surface area is 171 Å². The summed E-state index contributed by atoms with van der Waals surface area (Å²) < 4.78 is 15.9. The smallest absolute Gasteiger partial charge is 0.410 e. The van der Waals surface area contributed by atoms with Crippen molar-refractivity contribution in [3.63, 3.8) is 0 Å². The zero-order chi connectivity index (χ0) is 21.3. The van der Waals surface area contributed by atoms with Crippen molar-refractivity contribution in [2.24, 2.45) is 0 Å². The molecule has 11 heteroatoms. The van der Waals surface area contributed by atoms with E-state index in [0.29, 0.717) is 43.8 Å². The van der Waals surface area contributed by atoms with Crippen LogP contribution in [-0.4, -0.2) is 64.2 Å². The fraction of sp³-hybridized carbons (Fsp3) is 0.421. The third kappa shape index (κ3) is 3.65. The molecule has 0 saturated carbocycles. The van der Waals surface area contributed by atoms with Crippen LogP contribution in [0.4, 0.5) is 10.5 Å². The fourth-order valence-electron chi connectivity index (χ4n) is 3.88. The van der Waals surface area contributed by atoms with Gasteiger partial charge in [-0.2, -0.15) is 0 Å². The van der Waals surface area contributed by atoms with Crippen LogP contribution in [0.1, 0.15) is 29.0 Å². The Bertz CT molecular complexity index is 967. The van der Waals surface area contributed by atoms with Crippen LogP contribution >= 0.6 is 0 Å². The molecule has 0 unspecified atom stereocenters. The van der Waals surface area contributed by atoms with Gasteiger partial charge in [0.25, 0.3) is 11.6 Å². The van der Waals surface area contributed by atoms with Crippen molar-refractivity contribution in [2.75, 3.05) is 26.7 Å². The Morgan fingerprint density at radius 2 is 2.10 bits per heavy atom. The number of ether oxygens (including phenoxy) is 2. The van der Waals surface area contributed by atoms with E-state index in [0.717, 1.165) is 0 Å². The molecular weight excluding hydrogens is 396 g/mol. The first-order chi connectivity index (χ1) is 14.4. The maximum absolute atomic E-state index is 12.5. The molecule has 2 saturated heterocycles. The van der Waals surface area contributed by atoms with Crippen LogP contribution in [0.15, 0.2) is 35.0 Å². The first kappa shape index (κ1) is 19.7. The molecule has 158 valence electrons. The number of carbonyl (C=O) groups is 2. The van der Waals surface area contributed by atoms with Crippen molar-refractivity contribution in [3.05, 3.63) is 51.9 Å². The number of carbonyl (C=O) groups excluding carboxylic acids is 2. The van der Waals surface area contributed by atoms with Gasteiger partial charge in [-0.25, -0.2) is 4.79 Å². The van der Waals surface area contributed by atoms with Crippen molar-refractivity contribution in [3.8, 4) is 5.75 Å². The third-order valence-corrected chi connectivity index (χ3v) is 5.49. The lowest BCUT2D eigenvalue weighted by molar-refractivity contribution is -0.384. The standard InChI is InChI=1S/C19H20N4O7/c1-28-15-3-2-14(23(26)27)10-13(15)11-22-12-19(29-18(22)25)5-8-21(9-6-19)17(24)16-4-7-20-30-16/h2-4,7,10H,5-6,8-9,11-12H2,1H3. The SMILES string of the molecule is COc1ccc([N+](=O)[O-])cc1CN1CC2(CCN(C(=O)c3ccno3)CC2)OC1=O. The Morgan fingerprint density at radius 3 is 2.73 bits per heavy atom. The highest BCUT2D eigenvalue weighted by atomic mass is 16.6. The molecule has 0 N–H and O–H groups in total. The summed E-state index contributed by atoms with van der Waals surface area (Å²) in [6, 6.07) is 5.78. The Hall–Kier alpha value is -3.63. The highest BCUT2D eigenvalue weighted by Gasteiger charge is 2.47. The molecule has 2 amide bonds. The summed E-state index contributed by atoms with van der Waals surface area (Å²) in [5, 5.41) is 14.6. The van der Waals surface area contributed by atoms with E-state index < -0.39 is 16.6 Å². The topological polar surface area (TPSA) is 128 Å². The molecule has 2 aromatic rings. The summed E-state index contributed by atoms with van der Waals surface area (Å²) in [7, 11) is 1.47. The van der Waals surface area contributed by atoms with Crippen LogP contribution in [0.25, 0.3) is 0 Å². The maximum atomic E-state index is 12.5. The van der Waals surface area contributed by atoms with E-state index in [-0.39, 0.29) is 23.9 Å². The van der Waals surface area contributed by atoms with Crippen molar-refractivity contribution < 1.29 is 28.5 Å². The van der Waals surface area contributed by atoms with E-state index in [4.69, 9.17) is 14.0 Å². The molecule has 0 atom stereocenters. The number of nitro groups is 1. The number of piperidine rings is 1. The molecule has 1 aromatic heterocycles. The number of likely N-dealkylation sites (tertiary alicyclic amines) is 1. The molecule has 2 fully saturated rings. The number of benzene rings is 1. The number of nitrogens with zero attached hydrogens (tertiary/aromatic N) is 4. The largest absolute Gasteiger partial charge is 0.496 e. The summed E-state index contributed by atoms with van der Waals surface area (Å²) in [5.74, 6) is 0.389. The summed E-state index contributed by atoms with van der Waals surface area (Å²) >= 11 is 0. The second-order valence-corrected chi connectivity index (χ2v) is 7.33. The minimum atomic E-state index is -0.691. The van der Waals surface area contributed by atoms with Crippen LogP contribution in [-0.2, 0) is 11.3 Å². The second kappa shape index (κ2) is 7.65. The van der Waals surface area contributed by atoms with Gasteiger partial charge in [-0.1, -0.05) is 5.16 Å². The van der Waals surface area contributed by atoms with Crippen LogP contribution in [0.2, 0.25) is 0 Å². The maximum Gasteiger partial charge on any atom is 0.410 e. The molecule has 1 aromatic carbocycles. The average molecular weight is 416 g/mol. The van der Waals surface area contributed by atoms with Crippen LogP contribution in [0.3, 0.4) is 0 Å². The zero-order valence-electron chi connectivity index (χ0n) is 16.3. The molecule has 2 aliphatic rings. The number of hydrogen-bond donors (Lipinski definition) is 0. The van der Waals surface area contributed by atoms with Crippen molar-refractivity contribution in [1.29, 1.82) is 0 Å². The van der Waals surface area contributed by atoms with E-state index in [1.54, 1.807) is 4.90 Å². The minimum absolute atomic E-state index is 0.0766. The van der Waals surface area contributed by atoms with Gasteiger partial charge in [0.2, 0.25) is 5.76 Å². The van der Waals surface area contributed by atoms with Gasteiger partial charge in [-0.3, -0.25) is 19.8 Å². The van der Waals surface area contributed by atoms with Gasteiger partial charge in [-0.15, -0.1) is 0 Å². The van der Waals surface area contributed by atoms with Gasteiger partial charge in [-0.05, 0) is 6.07 Å². The van der Waals surface area contributed by atoms with Crippen molar-refractivity contribution in [2.45, 2.75) is 25.0 Å². The minimum Gasteiger partial charge on any atom is -0.496 e. The predicted octanol–water partition coefficient (Wildman–Crippen LogP) is 2.22. The zero-order valence-corrected chi connectivity index (χ0v) is 16.3. The second-order valence-electron chi connectivity index (χ2n) is 7.33. The molecule has 1 spiro atoms. The molecule has 0 aliphatic carbocycles. The van der Waals surface area contributed by atoms with E-state index in [2.05, 4.69) is 5.16 Å². The van der Waals surface area contributed by atoms with E-state index in [9.17, 15) is 19.7 Å². The van der Waals surface area contributed by atoms with Crippen molar-refractivity contribution in [1.82, 2.24) is 15.0 Å². The average Bonchev–Trinajstić information content (AvgIpc) is 3.37. The molecule has 2 aliphatic heterocycles. The summed E-state index contributed by atoms with van der Waals surface area (Å²) in [4.78, 5) is 38.6. The van der Waals surface area contributed by atoms with Crippen molar-refractivity contribution >= 4 is 17.7 Å². The number of rotatable bonds is 5. The molecule has 0 bridgehead atoms. The van der Waals surface area contributed by atoms with Gasteiger partial charge in [0, 0.05) is 49.7 Å². The molecule has 3 heterocycles. The summed E-state index contributed by atoms with van der Waals surface area (Å²) in [5.41, 5.74) is -0.241. The number of aromatic nitrogens is 1. The Kier molecular flexibility index (Phi) is 5.02. The Morgan fingerprint density at radius 1 is 1.33 bits per heavy atom. The monoisotopic (exact) mass is 416 g/mol. The lowest BCUT2D eigenvalue weighted by Gasteiger charge is -2.37. The van der Waals surface area contributed by atoms with Crippen LogP contribution < -0.4 is 4.74 Å². The predicted molar refractivity (Wildman–Crippen MR) is 101 cm³/mol. The highest BCUT2D eigenvalue weighted by molar-refractivity contribution is 5.91. The number of methoxy groups -OCH3 is 1. The summed E-state index contributed by atoms with van der Waals surface area (Å²) in [6.07, 6.45) is 1.90. The number of amides is 2. The molecule has 30 heavy (non-hydrogen) atoms. The van der Waals surface area contributed by atoms with E-state index in [1.807, 2.05) is 0 Å². The summed E-state index contributed by atoms with van der Waals surface area (Å²) in [6.45, 7) is 1.30.